The van der Waals surface area contributed by atoms with Crippen molar-refractivity contribution in [2.45, 2.75) is 60.5 Å². The van der Waals surface area contributed by atoms with Crippen LogP contribution in [-0.4, -0.2) is 30.4 Å². The van der Waals surface area contributed by atoms with E-state index in [0.717, 1.165) is 12.8 Å². The Labute approximate surface area is 190 Å². The molecular weight excluding hydrogens is 420 g/mol. The van der Waals surface area contributed by atoms with Crippen LogP contribution in [0.5, 0.6) is 11.5 Å². The topological polar surface area (TPSA) is 92.8 Å². The molecule has 0 radical (unpaired) electrons. The van der Waals surface area contributed by atoms with E-state index in [-0.39, 0.29) is 36.5 Å². The second-order valence-corrected chi connectivity index (χ2v) is 8.44. The monoisotopic (exact) mass is 454 g/mol. The molecule has 2 N–H and O–H groups in total. The standard InChI is InChI=1S/C23H34N2O5.ClH/c1-6-8-11-29-21-18-12-16(30-14-20(26)28-7-2)9-10-17(18)22(27)25(19(21)13-24)15-23(3,4)5;/h9-10,12H,6-8,11,13-15,24H2,1-5H3;1H. The second kappa shape index (κ2) is 12.0. The molecule has 8 heteroatoms. The van der Waals surface area contributed by atoms with Crippen molar-refractivity contribution >= 4 is 29.1 Å². The van der Waals surface area contributed by atoms with E-state index in [1.807, 2.05) is 0 Å². The molecule has 0 aliphatic rings. The maximum absolute atomic E-state index is 13.3. The van der Waals surface area contributed by atoms with Crippen LogP contribution in [0.3, 0.4) is 0 Å². The molecule has 2 rings (SSSR count). The van der Waals surface area contributed by atoms with Crippen molar-refractivity contribution < 1.29 is 19.0 Å². The molecule has 0 saturated carbocycles. The molecule has 0 aliphatic heterocycles. The van der Waals surface area contributed by atoms with E-state index in [1.54, 1.807) is 29.7 Å². The van der Waals surface area contributed by atoms with E-state index in [1.165, 1.54) is 0 Å². The lowest BCUT2D eigenvalue weighted by Gasteiger charge is -2.25. The van der Waals surface area contributed by atoms with Crippen LogP contribution in [0.15, 0.2) is 23.0 Å². The first-order valence-corrected chi connectivity index (χ1v) is 10.5. The Morgan fingerprint density at radius 1 is 1.13 bits per heavy atom. The highest BCUT2D eigenvalue weighted by molar-refractivity contribution is 5.89. The van der Waals surface area contributed by atoms with Crippen molar-refractivity contribution in [3.05, 3.63) is 34.2 Å². The summed E-state index contributed by atoms with van der Waals surface area (Å²) in [5.41, 5.74) is 6.52. The first kappa shape index (κ1) is 26.8. The Morgan fingerprint density at radius 3 is 2.42 bits per heavy atom. The van der Waals surface area contributed by atoms with Gasteiger partial charge in [0.05, 0.1) is 24.3 Å². The number of fused-ring (bicyclic) bond motifs is 1. The third kappa shape index (κ3) is 7.14. The lowest BCUT2D eigenvalue weighted by molar-refractivity contribution is -0.145. The number of carbonyl (C=O) groups is 1. The van der Waals surface area contributed by atoms with Gasteiger partial charge in [-0.3, -0.25) is 4.79 Å². The van der Waals surface area contributed by atoms with E-state index in [2.05, 4.69) is 27.7 Å². The average molecular weight is 455 g/mol. The molecule has 0 fully saturated rings. The normalized spacial score (nSPS) is 11.2. The zero-order valence-corrected chi connectivity index (χ0v) is 20.0. The van der Waals surface area contributed by atoms with Crippen LogP contribution in [0.25, 0.3) is 10.8 Å². The summed E-state index contributed by atoms with van der Waals surface area (Å²) in [7, 11) is 0. The summed E-state index contributed by atoms with van der Waals surface area (Å²) in [5, 5.41) is 1.18. The first-order chi connectivity index (χ1) is 14.2. The highest BCUT2D eigenvalue weighted by atomic mass is 35.5. The number of hydrogen-bond acceptors (Lipinski definition) is 6. The SMILES string of the molecule is CCCCOc1c(CN)n(CC(C)(C)C)c(=O)c2ccc(OCC(=O)OCC)cc12.Cl. The predicted molar refractivity (Wildman–Crippen MR) is 125 cm³/mol. The Bertz CT molecular complexity index is 934. The van der Waals surface area contributed by atoms with Gasteiger partial charge in [-0.15, -0.1) is 12.4 Å². The van der Waals surface area contributed by atoms with Gasteiger partial charge < -0.3 is 24.5 Å². The van der Waals surface area contributed by atoms with E-state index in [0.29, 0.717) is 47.7 Å². The van der Waals surface area contributed by atoms with Crippen molar-refractivity contribution in [3.8, 4) is 11.5 Å². The van der Waals surface area contributed by atoms with E-state index < -0.39 is 5.97 Å². The zero-order chi connectivity index (χ0) is 22.3. The molecule has 7 nitrogen and oxygen atoms in total. The zero-order valence-electron chi connectivity index (χ0n) is 19.2. The molecule has 0 amide bonds. The maximum atomic E-state index is 13.3. The summed E-state index contributed by atoms with van der Waals surface area (Å²) in [6, 6.07) is 5.13. The third-order valence-corrected chi connectivity index (χ3v) is 4.53. The molecule has 0 saturated heterocycles. The van der Waals surface area contributed by atoms with Gasteiger partial charge in [0.2, 0.25) is 0 Å². The fourth-order valence-corrected chi connectivity index (χ4v) is 3.20. The number of unbranched alkanes of at least 4 members (excludes halogenated alkanes) is 1. The minimum atomic E-state index is -0.444. The summed E-state index contributed by atoms with van der Waals surface area (Å²) in [5.74, 6) is 0.624. The van der Waals surface area contributed by atoms with Crippen LogP contribution < -0.4 is 20.8 Å². The van der Waals surface area contributed by atoms with Crippen LogP contribution in [-0.2, 0) is 22.6 Å². The van der Waals surface area contributed by atoms with Crippen molar-refractivity contribution in [2.24, 2.45) is 11.1 Å². The molecule has 2 aromatic rings. The molecule has 0 aliphatic carbocycles. The summed E-state index contributed by atoms with van der Waals surface area (Å²) in [6.07, 6.45) is 1.88. The number of esters is 1. The van der Waals surface area contributed by atoms with Gasteiger partial charge in [0.25, 0.3) is 5.56 Å². The Balaban J connectivity index is 0.00000480. The number of carbonyl (C=O) groups excluding carboxylic acids is 1. The smallest absolute Gasteiger partial charge is 0.344 e. The lowest BCUT2D eigenvalue weighted by Crippen LogP contribution is -2.31. The number of aromatic nitrogens is 1. The van der Waals surface area contributed by atoms with Gasteiger partial charge >= 0.3 is 5.97 Å². The molecule has 0 atom stereocenters. The molecule has 1 heterocycles. The average Bonchev–Trinajstić information content (AvgIpc) is 2.69. The van der Waals surface area contributed by atoms with Gasteiger partial charge in [-0.1, -0.05) is 34.1 Å². The van der Waals surface area contributed by atoms with Gasteiger partial charge in [0.1, 0.15) is 11.5 Å². The van der Waals surface area contributed by atoms with Gasteiger partial charge in [-0.2, -0.15) is 0 Å². The lowest BCUT2D eigenvalue weighted by atomic mass is 9.96. The van der Waals surface area contributed by atoms with Crippen molar-refractivity contribution in [2.75, 3.05) is 19.8 Å². The van der Waals surface area contributed by atoms with Crippen molar-refractivity contribution in [3.63, 3.8) is 0 Å². The van der Waals surface area contributed by atoms with Gasteiger partial charge in [0, 0.05) is 18.5 Å². The second-order valence-electron chi connectivity index (χ2n) is 8.44. The van der Waals surface area contributed by atoms with Crippen molar-refractivity contribution in [1.29, 1.82) is 0 Å². The molecule has 0 spiro atoms. The Morgan fingerprint density at radius 2 is 1.84 bits per heavy atom. The van der Waals surface area contributed by atoms with Crippen LogP contribution in [0.4, 0.5) is 0 Å². The van der Waals surface area contributed by atoms with Gasteiger partial charge in [-0.25, -0.2) is 4.79 Å². The fourth-order valence-electron chi connectivity index (χ4n) is 3.20. The van der Waals surface area contributed by atoms with Crippen LogP contribution in [0.2, 0.25) is 0 Å². The predicted octanol–water partition coefficient (Wildman–Crippen LogP) is 4.05. The minimum absolute atomic E-state index is 0. The van der Waals surface area contributed by atoms with E-state index >= 15 is 0 Å². The quantitative estimate of drug-likeness (QED) is 0.430. The molecule has 1 aromatic carbocycles. The van der Waals surface area contributed by atoms with Crippen LogP contribution in [0, 0.1) is 5.41 Å². The molecule has 1 aromatic heterocycles. The first-order valence-electron chi connectivity index (χ1n) is 10.5. The van der Waals surface area contributed by atoms with Crippen LogP contribution in [0.1, 0.15) is 53.2 Å². The molecule has 0 unspecified atom stereocenters. The number of hydrogen-bond donors (Lipinski definition) is 1. The molecule has 174 valence electrons. The number of pyridine rings is 1. The molecule has 0 bridgehead atoms. The third-order valence-electron chi connectivity index (χ3n) is 4.53. The summed E-state index contributed by atoms with van der Waals surface area (Å²) in [4.78, 5) is 24.9. The summed E-state index contributed by atoms with van der Waals surface area (Å²) < 4.78 is 18.3. The largest absolute Gasteiger partial charge is 0.491 e. The number of benzene rings is 1. The number of nitrogens with zero attached hydrogens (tertiary/aromatic N) is 1. The highest BCUT2D eigenvalue weighted by Gasteiger charge is 2.21. The number of nitrogens with two attached hydrogens (primary N) is 1. The number of halogens is 1. The summed E-state index contributed by atoms with van der Waals surface area (Å²) >= 11 is 0. The number of ether oxygens (including phenoxy) is 3. The Kier molecular flexibility index (Phi) is 10.3. The molecule has 31 heavy (non-hydrogen) atoms. The van der Waals surface area contributed by atoms with Crippen LogP contribution >= 0.6 is 12.4 Å². The maximum Gasteiger partial charge on any atom is 0.344 e. The van der Waals surface area contributed by atoms with Gasteiger partial charge in [-0.05, 0) is 37.0 Å². The fraction of sp³-hybridized carbons (Fsp3) is 0.565. The number of rotatable bonds is 10. The highest BCUT2D eigenvalue weighted by Crippen LogP contribution is 2.32. The Hall–Kier alpha value is -2.25. The summed E-state index contributed by atoms with van der Waals surface area (Å²) in [6.45, 7) is 11.4. The molecular formula is C23H35ClN2O5. The van der Waals surface area contributed by atoms with E-state index in [9.17, 15) is 9.59 Å². The van der Waals surface area contributed by atoms with Crippen molar-refractivity contribution in [1.82, 2.24) is 4.57 Å². The van der Waals surface area contributed by atoms with E-state index in [4.69, 9.17) is 19.9 Å². The van der Waals surface area contributed by atoms with Gasteiger partial charge in [0.15, 0.2) is 6.61 Å². The minimum Gasteiger partial charge on any atom is -0.491 e.